The van der Waals surface area contributed by atoms with Crippen molar-refractivity contribution in [1.29, 1.82) is 0 Å². The lowest BCUT2D eigenvalue weighted by atomic mass is 10.1. The Labute approximate surface area is 171 Å². The number of amides is 1. The first kappa shape index (κ1) is 22.5. The molecule has 0 aliphatic heterocycles. The molecule has 0 aliphatic carbocycles. The maximum atomic E-state index is 12.4. The van der Waals surface area contributed by atoms with Gasteiger partial charge in [0.25, 0.3) is 0 Å². The monoisotopic (exact) mass is 422 g/mol. The summed E-state index contributed by atoms with van der Waals surface area (Å²) < 4.78 is 42.7. The number of aryl methyl sites for hydroxylation is 1. The molecule has 29 heavy (non-hydrogen) atoms. The van der Waals surface area contributed by atoms with Crippen LogP contribution in [0.5, 0.6) is 17.2 Å². The number of carbonyl (C=O) groups excluding carboxylic acids is 1. The van der Waals surface area contributed by atoms with E-state index in [1.807, 2.05) is 25.1 Å². The van der Waals surface area contributed by atoms with Gasteiger partial charge in [0.1, 0.15) is 5.75 Å². The highest BCUT2D eigenvalue weighted by atomic mass is 32.2. The molecule has 0 fully saturated rings. The van der Waals surface area contributed by atoms with Gasteiger partial charge in [-0.2, -0.15) is 0 Å². The first-order chi connectivity index (χ1) is 13.8. The van der Waals surface area contributed by atoms with Crippen LogP contribution in [-0.4, -0.2) is 42.2 Å². The van der Waals surface area contributed by atoms with E-state index in [2.05, 4.69) is 10.0 Å². The fourth-order valence-electron chi connectivity index (χ4n) is 2.63. The van der Waals surface area contributed by atoms with E-state index < -0.39 is 10.0 Å². The molecule has 158 valence electrons. The number of sulfonamides is 1. The van der Waals surface area contributed by atoms with Crippen LogP contribution in [0, 0.1) is 6.92 Å². The Morgan fingerprint density at radius 3 is 2.28 bits per heavy atom. The zero-order chi connectivity index (χ0) is 21.4. The predicted molar refractivity (Wildman–Crippen MR) is 109 cm³/mol. The lowest BCUT2D eigenvalue weighted by molar-refractivity contribution is -0.121. The predicted octanol–water partition coefficient (Wildman–Crippen LogP) is 2.01. The fourth-order valence-corrected chi connectivity index (χ4v) is 3.68. The van der Waals surface area contributed by atoms with Crippen LogP contribution in [0.25, 0.3) is 0 Å². The van der Waals surface area contributed by atoms with Crippen LogP contribution in [-0.2, 0) is 21.4 Å². The normalized spacial score (nSPS) is 11.0. The lowest BCUT2D eigenvalue weighted by Crippen LogP contribution is -2.30. The van der Waals surface area contributed by atoms with E-state index in [1.54, 1.807) is 7.11 Å². The summed E-state index contributed by atoms with van der Waals surface area (Å²) in [6.45, 7) is 2.24. The first-order valence-electron chi connectivity index (χ1n) is 8.92. The van der Waals surface area contributed by atoms with Crippen molar-refractivity contribution in [1.82, 2.24) is 10.0 Å². The summed E-state index contributed by atoms with van der Waals surface area (Å²) in [5, 5.41) is 2.76. The van der Waals surface area contributed by atoms with Crippen LogP contribution in [0.4, 0.5) is 0 Å². The van der Waals surface area contributed by atoms with Gasteiger partial charge in [-0.25, -0.2) is 13.1 Å². The minimum Gasteiger partial charge on any atom is -0.496 e. The van der Waals surface area contributed by atoms with Crippen molar-refractivity contribution in [2.24, 2.45) is 0 Å². The largest absolute Gasteiger partial charge is 0.496 e. The van der Waals surface area contributed by atoms with E-state index in [4.69, 9.17) is 14.2 Å². The van der Waals surface area contributed by atoms with Crippen molar-refractivity contribution in [3.8, 4) is 17.2 Å². The van der Waals surface area contributed by atoms with Gasteiger partial charge in [-0.1, -0.05) is 12.1 Å². The molecule has 9 heteroatoms. The maximum Gasteiger partial charge on any atom is 0.240 e. The van der Waals surface area contributed by atoms with Gasteiger partial charge >= 0.3 is 0 Å². The lowest BCUT2D eigenvalue weighted by Gasteiger charge is -2.11. The van der Waals surface area contributed by atoms with Crippen LogP contribution in [0.3, 0.4) is 0 Å². The van der Waals surface area contributed by atoms with E-state index in [0.717, 1.165) is 16.9 Å². The number of methoxy groups -OCH3 is 3. The average molecular weight is 423 g/mol. The smallest absolute Gasteiger partial charge is 0.240 e. The number of rotatable bonds is 10. The summed E-state index contributed by atoms with van der Waals surface area (Å²) in [5.74, 6) is 1.22. The Hall–Kier alpha value is -2.78. The fraction of sp³-hybridized carbons (Fsp3) is 0.350. The molecule has 0 saturated carbocycles. The van der Waals surface area contributed by atoms with E-state index in [0.29, 0.717) is 18.0 Å². The van der Waals surface area contributed by atoms with Gasteiger partial charge in [0, 0.05) is 25.6 Å². The molecule has 0 atom stereocenters. The molecule has 2 N–H and O–H groups in total. The van der Waals surface area contributed by atoms with Gasteiger partial charge in [-0.3, -0.25) is 4.79 Å². The molecule has 2 rings (SSSR count). The van der Waals surface area contributed by atoms with Gasteiger partial charge in [-0.15, -0.1) is 0 Å². The molecule has 0 radical (unpaired) electrons. The Balaban J connectivity index is 1.87. The van der Waals surface area contributed by atoms with Crippen molar-refractivity contribution in [3.05, 3.63) is 47.5 Å². The van der Waals surface area contributed by atoms with E-state index in [1.165, 1.54) is 32.4 Å². The topological polar surface area (TPSA) is 103 Å². The molecule has 0 aromatic heterocycles. The number of hydrogen-bond donors (Lipinski definition) is 2. The van der Waals surface area contributed by atoms with Crippen LogP contribution in [0.1, 0.15) is 17.5 Å². The minimum absolute atomic E-state index is 0.00944. The van der Waals surface area contributed by atoms with Gasteiger partial charge in [0.15, 0.2) is 11.5 Å². The summed E-state index contributed by atoms with van der Waals surface area (Å²) in [6, 6.07) is 9.96. The molecule has 2 aromatic rings. The summed E-state index contributed by atoms with van der Waals surface area (Å²) in [5.41, 5.74) is 1.90. The Morgan fingerprint density at radius 2 is 1.62 bits per heavy atom. The molecule has 0 aliphatic rings. The molecular weight excluding hydrogens is 396 g/mol. The van der Waals surface area contributed by atoms with Gasteiger partial charge in [-0.05, 0) is 36.2 Å². The second-order valence-electron chi connectivity index (χ2n) is 6.25. The Morgan fingerprint density at radius 1 is 0.931 bits per heavy atom. The Kier molecular flexibility index (Phi) is 7.86. The summed E-state index contributed by atoms with van der Waals surface area (Å²) in [4.78, 5) is 12.1. The SMILES string of the molecule is COc1cc(CNC(=O)CCNS(=O)(=O)c2ccc(OC)c(OC)c2)ccc1C. The molecular formula is C20H26N2O6S. The standard InChI is InChI=1S/C20H26N2O6S/c1-14-5-6-15(11-18(14)27-3)13-21-20(23)9-10-22-29(24,25)16-7-8-17(26-2)19(12-16)28-4/h5-8,11-12,22H,9-10,13H2,1-4H3,(H,21,23). The van der Waals surface area contributed by atoms with Gasteiger partial charge in [0.05, 0.1) is 26.2 Å². The molecule has 0 bridgehead atoms. The van der Waals surface area contributed by atoms with Crippen LogP contribution < -0.4 is 24.2 Å². The summed E-state index contributed by atoms with van der Waals surface area (Å²) in [6.07, 6.45) is 0.00944. The van der Waals surface area contributed by atoms with E-state index in [9.17, 15) is 13.2 Å². The number of nitrogens with one attached hydrogen (secondary N) is 2. The highest BCUT2D eigenvalue weighted by molar-refractivity contribution is 7.89. The number of benzene rings is 2. The zero-order valence-corrected chi connectivity index (χ0v) is 17.8. The average Bonchev–Trinajstić information content (AvgIpc) is 2.72. The third-order valence-electron chi connectivity index (χ3n) is 4.27. The van der Waals surface area contributed by atoms with Crippen molar-refractivity contribution >= 4 is 15.9 Å². The summed E-state index contributed by atoms with van der Waals surface area (Å²) in [7, 11) is 0.710. The number of carbonyl (C=O) groups is 1. The van der Waals surface area contributed by atoms with Gasteiger partial charge in [0.2, 0.25) is 15.9 Å². The third-order valence-corrected chi connectivity index (χ3v) is 5.73. The van der Waals surface area contributed by atoms with Crippen molar-refractivity contribution in [2.75, 3.05) is 27.9 Å². The molecule has 1 amide bonds. The van der Waals surface area contributed by atoms with E-state index >= 15 is 0 Å². The Bertz CT molecular complexity index is 959. The molecule has 2 aromatic carbocycles. The molecule has 0 spiro atoms. The molecule has 0 heterocycles. The maximum absolute atomic E-state index is 12.4. The molecule has 0 saturated heterocycles. The first-order valence-corrected chi connectivity index (χ1v) is 10.4. The van der Waals surface area contributed by atoms with Crippen LogP contribution >= 0.6 is 0 Å². The second kappa shape index (κ2) is 10.1. The van der Waals surface area contributed by atoms with Gasteiger partial charge < -0.3 is 19.5 Å². The van der Waals surface area contributed by atoms with Crippen LogP contribution in [0.2, 0.25) is 0 Å². The van der Waals surface area contributed by atoms with Crippen molar-refractivity contribution in [3.63, 3.8) is 0 Å². The third kappa shape index (κ3) is 6.10. The quantitative estimate of drug-likeness (QED) is 0.607. The minimum atomic E-state index is -3.78. The van der Waals surface area contributed by atoms with Crippen molar-refractivity contribution < 1.29 is 27.4 Å². The number of ether oxygens (including phenoxy) is 3. The summed E-state index contributed by atoms with van der Waals surface area (Å²) >= 11 is 0. The van der Waals surface area contributed by atoms with E-state index in [-0.39, 0.29) is 23.8 Å². The zero-order valence-electron chi connectivity index (χ0n) is 16.9. The second-order valence-corrected chi connectivity index (χ2v) is 8.01. The highest BCUT2D eigenvalue weighted by Gasteiger charge is 2.17. The number of hydrogen-bond acceptors (Lipinski definition) is 6. The molecule has 0 unspecified atom stereocenters. The van der Waals surface area contributed by atoms with Crippen molar-refractivity contribution in [2.45, 2.75) is 24.8 Å². The van der Waals surface area contributed by atoms with Crippen LogP contribution in [0.15, 0.2) is 41.3 Å². The molecule has 8 nitrogen and oxygen atoms in total. The highest BCUT2D eigenvalue weighted by Crippen LogP contribution is 2.29.